The highest BCUT2D eigenvalue weighted by molar-refractivity contribution is 5.98. The van der Waals surface area contributed by atoms with E-state index in [1.807, 2.05) is 48.7 Å². The maximum absolute atomic E-state index is 14.3. The van der Waals surface area contributed by atoms with Crippen molar-refractivity contribution in [2.45, 2.75) is 52.4 Å². The number of rotatable bonds is 7. The van der Waals surface area contributed by atoms with Gasteiger partial charge < -0.3 is 5.11 Å². The average molecular weight is 798 g/mol. The van der Waals surface area contributed by atoms with Crippen molar-refractivity contribution in [2.24, 2.45) is 0 Å². The second kappa shape index (κ2) is 15.5. The third-order valence-electron chi connectivity index (χ3n) is 11.5. The lowest BCUT2D eigenvalue weighted by atomic mass is 9.79. The van der Waals surface area contributed by atoms with Crippen LogP contribution in [0.1, 0.15) is 52.7 Å². The van der Waals surface area contributed by atoms with E-state index >= 15 is 0 Å². The lowest BCUT2D eigenvalue weighted by Crippen LogP contribution is -2.17. The first-order valence-corrected chi connectivity index (χ1v) is 20.8. The maximum atomic E-state index is 14.3. The Morgan fingerprint density at radius 2 is 1.11 bits per heavy atom. The average Bonchev–Trinajstić information content (AvgIpc) is 3.66. The Bertz CT molecular complexity index is 3040. The Balaban J connectivity index is 1.35. The van der Waals surface area contributed by atoms with E-state index in [1.54, 1.807) is 0 Å². The van der Waals surface area contributed by atoms with Gasteiger partial charge in [0, 0.05) is 28.5 Å². The second-order valence-corrected chi connectivity index (χ2v) is 17.8. The number of phenolic OH excluding ortho intramolecular Hbond substituents is 1. The first-order valence-electron chi connectivity index (χ1n) is 20.8. The zero-order valence-electron chi connectivity index (χ0n) is 35.4. The molecular weight excluding hydrogens is 750 g/mol. The number of phenols is 1. The van der Waals surface area contributed by atoms with E-state index in [0.29, 0.717) is 11.4 Å². The van der Waals surface area contributed by atoms with Crippen LogP contribution in [0.2, 0.25) is 0 Å². The molecule has 2 heterocycles. The normalized spacial score (nSPS) is 11.9. The quantitative estimate of drug-likeness (QED) is 0.175. The fourth-order valence-corrected chi connectivity index (χ4v) is 8.24. The van der Waals surface area contributed by atoms with E-state index in [4.69, 9.17) is 9.97 Å². The molecule has 0 amide bonds. The summed E-state index contributed by atoms with van der Waals surface area (Å²) in [7, 11) is 0. The molecule has 0 aliphatic heterocycles. The Morgan fingerprint density at radius 3 is 1.82 bits per heavy atom. The summed E-state index contributed by atoms with van der Waals surface area (Å²) >= 11 is 0. The SMILES string of the molecule is CC(C)(C)c1cc(-c2nc3c(-c4cc(-c5ccc(F)cc5)cc(-c5cc(-c6ccccc6)ccn5)c4)cccc3n2-c2ccccc2-c2ccccc2)c(O)c(C(C)(C)C)c1. The molecule has 61 heavy (non-hydrogen) atoms. The molecule has 0 radical (unpaired) electrons. The molecule has 0 aliphatic carbocycles. The summed E-state index contributed by atoms with van der Waals surface area (Å²) < 4.78 is 16.5. The van der Waals surface area contributed by atoms with Crippen molar-refractivity contribution in [2.75, 3.05) is 0 Å². The molecule has 9 aromatic rings. The largest absolute Gasteiger partial charge is 0.507 e. The fraction of sp³-hybridized carbons (Fsp3) is 0.143. The fourth-order valence-electron chi connectivity index (χ4n) is 8.24. The van der Waals surface area contributed by atoms with Gasteiger partial charge in [0.25, 0.3) is 0 Å². The van der Waals surface area contributed by atoms with Crippen molar-refractivity contribution in [3.8, 4) is 78.6 Å². The number of benzene rings is 7. The minimum absolute atomic E-state index is 0.199. The minimum atomic E-state index is -0.340. The van der Waals surface area contributed by atoms with E-state index in [2.05, 4.69) is 161 Å². The molecule has 5 heteroatoms. The number of fused-ring (bicyclic) bond motifs is 1. The monoisotopic (exact) mass is 797 g/mol. The van der Waals surface area contributed by atoms with Gasteiger partial charge in [0.1, 0.15) is 17.4 Å². The third kappa shape index (κ3) is 7.64. The molecule has 2 aromatic heterocycles. The Labute approximate surface area is 357 Å². The number of hydrogen-bond donors (Lipinski definition) is 1. The van der Waals surface area contributed by atoms with Crippen LogP contribution in [-0.2, 0) is 10.8 Å². The van der Waals surface area contributed by atoms with Crippen molar-refractivity contribution in [1.82, 2.24) is 14.5 Å². The number of pyridine rings is 1. The summed E-state index contributed by atoms with van der Waals surface area (Å²) in [4.78, 5) is 10.5. The van der Waals surface area contributed by atoms with Crippen molar-refractivity contribution >= 4 is 11.0 Å². The van der Waals surface area contributed by atoms with Crippen LogP contribution in [0.25, 0.3) is 83.9 Å². The number of aromatic hydroxyl groups is 1. The molecule has 4 nitrogen and oxygen atoms in total. The lowest BCUT2D eigenvalue weighted by Gasteiger charge is -2.27. The van der Waals surface area contributed by atoms with E-state index < -0.39 is 0 Å². The molecule has 0 atom stereocenters. The highest BCUT2D eigenvalue weighted by atomic mass is 19.1. The van der Waals surface area contributed by atoms with E-state index in [0.717, 1.165) is 83.6 Å². The van der Waals surface area contributed by atoms with Crippen LogP contribution in [0.15, 0.2) is 176 Å². The summed E-state index contributed by atoms with van der Waals surface area (Å²) in [5.41, 5.74) is 14.4. The topological polar surface area (TPSA) is 50.9 Å². The van der Waals surface area contributed by atoms with Crippen molar-refractivity contribution in [3.05, 3.63) is 193 Å². The summed E-state index contributed by atoms with van der Waals surface area (Å²) in [6.45, 7) is 13.0. The van der Waals surface area contributed by atoms with Gasteiger partial charge in [-0.3, -0.25) is 9.55 Å². The molecule has 300 valence electrons. The molecule has 0 saturated carbocycles. The number of nitrogens with zero attached hydrogens (tertiary/aromatic N) is 3. The second-order valence-electron chi connectivity index (χ2n) is 17.8. The Morgan fingerprint density at radius 1 is 0.492 bits per heavy atom. The number of para-hydroxylation sites is 2. The maximum Gasteiger partial charge on any atom is 0.149 e. The molecule has 0 spiro atoms. The molecule has 7 aromatic carbocycles. The third-order valence-corrected chi connectivity index (χ3v) is 11.5. The van der Waals surface area contributed by atoms with Crippen molar-refractivity contribution < 1.29 is 9.50 Å². The molecule has 1 N–H and O–H groups in total. The summed E-state index contributed by atoms with van der Waals surface area (Å²) in [6.07, 6.45) is 1.85. The standard InChI is InChI=1S/C56H48FN3O/c1-55(2,3)43-34-47(53(61)48(35-43)56(4,5)6)54-59-52-46(21-15-23-51(52)60(54)50-22-14-13-20-45(50)38-18-11-8-12-19-38)41-30-40(37-24-26-44(57)27-25-37)31-42(32-41)49-33-39(28-29-58-49)36-16-9-7-10-17-36/h7-35,61H,1-6H3. The Hall–Kier alpha value is -7.11. The van der Waals surface area contributed by atoms with E-state index in [9.17, 15) is 9.50 Å². The molecule has 0 unspecified atom stereocenters. The van der Waals surface area contributed by atoms with Gasteiger partial charge in [-0.15, -0.1) is 0 Å². The summed E-state index contributed by atoms with van der Waals surface area (Å²) in [5.74, 6) is 0.581. The van der Waals surface area contributed by atoms with Crippen LogP contribution < -0.4 is 0 Å². The van der Waals surface area contributed by atoms with E-state index in [1.165, 1.54) is 12.1 Å². The molecule has 9 rings (SSSR count). The van der Waals surface area contributed by atoms with Gasteiger partial charge in [0.2, 0.25) is 0 Å². The minimum Gasteiger partial charge on any atom is -0.507 e. The van der Waals surface area contributed by atoms with E-state index in [-0.39, 0.29) is 22.4 Å². The van der Waals surface area contributed by atoms with Crippen LogP contribution >= 0.6 is 0 Å². The molecular formula is C56H48FN3O. The van der Waals surface area contributed by atoms with Gasteiger partial charge in [0.05, 0.1) is 28.0 Å². The predicted octanol–water partition coefficient (Wildman–Crippen LogP) is 14.9. The number of hydrogen-bond acceptors (Lipinski definition) is 3. The number of halogens is 1. The molecule has 0 aliphatic rings. The van der Waals surface area contributed by atoms with Gasteiger partial charge in [-0.1, -0.05) is 151 Å². The van der Waals surface area contributed by atoms with Crippen LogP contribution in [0.4, 0.5) is 4.39 Å². The smallest absolute Gasteiger partial charge is 0.149 e. The van der Waals surface area contributed by atoms with Gasteiger partial charge in [-0.05, 0) is 110 Å². The van der Waals surface area contributed by atoms with Gasteiger partial charge >= 0.3 is 0 Å². The van der Waals surface area contributed by atoms with Crippen LogP contribution in [0, 0.1) is 5.82 Å². The zero-order valence-corrected chi connectivity index (χ0v) is 35.4. The van der Waals surface area contributed by atoms with Crippen LogP contribution in [-0.4, -0.2) is 19.6 Å². The highest BCUT2D eigenvalue weighted by Crippen LogP contribution is 2.46. The van der Waals surface area contributed by atoms with Gasteiger partial charge in [0.15, 0.2) is 0 Å². The lowest BCUT2D eigenvalue weighted by molar-refractivity contribution is 0.446. The first-order chi connectivity index (χ1) is 29.3. The van der Waals surface area contributed by atoms with Crippen LogP contribution in [0.3, 0.4) is 0 Å². The van der Waals surface area contributed by atoms with Crippen molar-refractivity contribution in [3.63, 3.8) is 0 Å². The van der Waals surface area contributed by atoms with Crippen LogP contribution in [0.5, 0.6) is 5.75 Å². The summed E-state index contributed by atoms with van der Waals surface area (Å²) in [5, 5.41) is 12.4. The first kappa shape index (κ1) is 39.4. The van der Waals surface area contributed by atoms with Gasteiger partial charge in [-0.2, -0.15) is 0 Å². The summed E-state index contributed by atoms with van der Waals surface area (Å²) in [6, 6.07) is 56.9. The zero-order chi connectivity index (χ0) is 42.5. The Kier molecular flexibility index (Phi) is 9.99. The van der Waals surface area contributed by atoms with Crippen molar-refractivity contribution in [1.29, 1.82) is 0 Å². The molecule has 0 fully saturated rings. The number of imidazole rings is 1. The highest BCUT2D eigenvalue weighted by Gasteiger charge is 2.29. The van der Waals surface area contributed by atoms with Gasteiger partial charge in [-0.25, -0.2) is 9.37 Å². The predicted molar refractivity (Wildman–Crippen MR) is 251 cm³/mol. The molecule has 0 saturated heterocycles. The number of aromatic nitrogens is 3. The molecule has 0 bridgehead atoms.